The average Bonchev–Trinajstić information content (AvgIpc) is 2.65. The molecule has 0 aromatic heterocycles. The van der Waals surface area contributed by atoms with Crippen molar-refractivity contribution in [2.45, 2.75) is 51.9 Å². The summed E-state index contributed by atoms with van der Waals surface area (Å²) in [6, 6.07) is 6.84. The van der Waals surface area contributed by atoms with Gasteiger partial charge in [0.05, 0.1) is 20.1 Å². The lowest BCUT2D eigenvalue weighted by Gasteiger charge is -2.35. The van der Waals surface area contributed by atoms with Crippen LogP contribution in [0.3, 0.4) is 0 Å². The average molecular weight is 421 g/mol. The van der Waals surface area contributed by atoms with Gasteiger partial charge in [0.2, 0.25) is 6.10 Å². The van der Waals surface area contributed by atoms with Gasteiger partial charge in [0.1, 0.15) is 5.60 Å². The number of carbonyl (C=O) groups excluding carboxylic acids is 4. The Morgan fingerprint density at radius 3 is 2.57 bits per heavy atom. The topological polar surface area (TPSA) is 108 Å². The van der Waals surface area contributed by atoms with Crippen molar-refractivity contribution in [3.63, 3.8) is 0 Å². The van der Waals surface area contributed by atoms with Gasteiger partial charge in [0.25, 0.3) is 5.91 Å². The Kier molecular flexibility index (Phi) is 7.55. The van der Waals surface area contributed by atoms with E-state index in [1.54, 1.807) is 45.0 Å². The second-order valence-electron chi connectivity index (χ2n) is 7.77. The number of hydrogen-bond acceptors (Lipinski definition) is 8. The summed E-state index contributed by atoms with van der Waals surface area (Å²) in [5.41, 5.74) is 0.356. The van der Waals surface area contributed by atoms with Gasteiger partial charge in [-0.3, -0.25) is 14.4 Å². The third kappa shape index (κ3) is 6.28. The maximum atomic E-state index is 13.1. The molecule has 1 saturated heterocycles. The molecule has 30 heavy (non-hydrogen) atoms. The molecule has 164 valence electrons. The van der Waals surface area contributed by atoms with Crippen molar-refractivity contribution in [1.82, 2.24) is 0 Å². The molecule has 1 aromatic rings. The molecule has 0 spiro atoms. The Morgan fingerprint density at radius 1 is 1.27 bits per heavy atom. The molecule has 0 N–H and O–H groups in total. The van der Waals surface area contributed by atoms with Crippen LogP contribution in [0.4, 0.5) is 5.69 Å². The minimum absolute atomic E-state index is 0.0558. The number of carbonyl (C=O) groups is 4. The van der Waals surface area contributed by atoms with Crippen molar-refractivity contribution in [1.29, 1.82) is 0 Å². The summed E-state index contributed by atoms with van der Waals surface area (Å²) in [4.78, 5) is 50.2. The van der Waals surface area contributed by atoms with Crippen LogP contribution < -0.4 is 4.90 Å². The number of esters is 3. The first-order valence-electron chi connectivity index (χ1n) is 9.50. The predicted octanol–water partition coefficient (Wildman–Crippen LogP) is 1.41. The van der Waals surface area contributed by atoms with E-state index in [2.05, 4.69) is 4.74 Å². The molecule has 1 aliphatic rings. The first kappa shape index (κ1) is 23.3. The zero-order valence-electron chi connectivity index (χ0n) is 17.8. The molecule has 0 unspecified atom stereocenters. The van der Waals surface area contributed by atoms with Gasteiger partial charge in [0.15, 0.2) is 6.10 Å². The summed E-state index contributed by atoms with van der Waals surface area (Å²) >= 11 is 0. The summed E-state index contributed by atoms with van der Waals surface area (Å²) in [5, 5.41) is 0. The molecule has 1 fully saturated rings. The number of rotatable bonds is 6. The zero-order valence-corrected chi connectivity index (χ0v) is 17.8. The van der Waals surface area contributed by atoms with Crippen molar-refractivity contribution in [2.75, 3.05) is 25.2 Å². The minimum atomic E-state index is -1.53. The van der Waals surface area contributed by atoms with E-state index in [0.29, 0.717) is 11.3 Å². The maximum Gasteiger partial charge on any atom is 0.351 e. The van der Waals surface area contributed by atoms with Crippen LogP contribution in [0, 0.1) is 0 Å². The first-order chi connectivity index (χ1) is 14.0. The molecule has 0 aliphatic carbocycles. The Bertz CT molecular complexity index is 813. The van der Waals surface area contributed by atoms with E-state index in [-0.39, 0.29) is 19.6 Å². The van der Waals surface area contributed by atoms with Crippen molar-refractivity contribution < 1.29 is 38.1 Å². The number of benzene rings is 1. The fourth-order valence-electron chi connectivity index (χ4n) is 2.92. The molecule has 1 amide bonds. The van der Waals surface area contributed by atoms with Crippen molar-refractivity contribution in [2.24, 2.45) is 0 Å². The molecule has 0 bridgehead atoms. The standard InChI is InChI=1S/C21H27NO8/c1-13(23)29-18(20(26)30-21(2,3)4)17-19(25)22(9-10-28-17)15-8-6-7-14(11-15)12-16(24)27-5/h6-8,11,17-18H,9-10,12H2,1-5H3/t17-,18-/m1/s1. The normalized spacial score (nSPS) is 17.8. The highest BCUT2D eigenvalue weighted by molar-refractivity contribution is 6.01. The fraction of sp³-hybridized carbons (Fsp3) is 0.524. The quantitative estimate of drug-likeness (QED) is 0.501. The summed E-state index contributed by atoms with van der Waals surface area (Å²) in [6.45, 7) is 6.49. The van der Waals surface area contributed by atoms with Gasteiger partial charge < -0.3 is 23.8 Å². The zero-order chi connectivity index (χ0) is 22.5. The van der Waals surface area contributed by atoms with E-state index >= 15 is 0 Å². The summed E-state index contributed by atoms with van der Waals surface area (Å²) in [5.74, 6) is -2.55. The second kappa shape index (κ2) is 9.71. The monoisotopic (exact) mass is 421 g/mol. The largest absolute Gasteiger partial charge is 0.469 e. The van der Waals surface area contributed by atoms with Gasteiger partial charge in [-0.25, -0.2) is 4.79 Å². The van der Waals surface area contributed by atoms with Crippen LogP contribution in [-0.2, 0) is 44.5 Å². The van der Waals surface area contributed by atoms with Gasteiger partial charge in [0, 0.05) is 19.2 Å². The molecule has 9 nitrogen and oxygen atoms in total. The number of amides is 1. The number of hydrogen-bond donors (Lipinski definition) is 0. The number of methoxy groups -OCH3 is 1. The number of anilines is 1. The van der Waals surface area contributed by atoms with Gasteiger partial charge in [-0.05, 0) is 38.5 Å². The first-order valence-corrected chi connectivity index (χ1v) is 9.50. The van der Waals surface area contributed by atoms with Crippen LogP contribution in [0.2, 0.25) is 0 Å². The Labute approximate surface area is 175 Å². The third-order valence-electron chi connectivity index (χ3n) is 4.13. The molecule has 2 rings (SSSR count). The third-order valence-corrected chi connectivity index (χ3v) is 4.13. The number of morpholine rings is 1. The Hall–Kier alpha value is -2.94. The van der Waals surface area contributed by atoms with E-state index in [1.807, 2.05) is 0 Å². The van der Waals surface area contributed by atoms with Crippen molar-refractivity contribution >= 4 is 29.5 Å². The van der Waals surface area contributed by atoms with Crippen LogP contribution in [0.5, 0.6) is 0 Å². The minimum Gasteiger partial charge on any atom is -0.469 e. The highest BCUT2D eigenvalue weighted by Crippen LogP contribution is 2.24. The van der Waals surface area contributed by atoms with E-state index in [0.717, 1.165) is 6.92 Å². The summed E-state index contributed by atoms with van der Waals surface area (Å²) in [7, 11) is 1.30. The molecule has 1 aromatic carbocycles. The van der Waals surface area contributed by atoms with E-state index in [1.165, 1.54) is 12.0 Å². The van der Waals surface area contributed by atoms with Crippen LogP contribution in [0.15, 0.2) is 24.3 Å². The number of ether oxygens (including phenoxy) is 4. The predicted molar refractivity (Wildman–Crippen MR) is 106 cm³/mol. The highest BCUT2D eigenvalue weighted by atomic mass is 16.6. The molecule has 1 heterocycles. The molecule has 9 heteroatoms. The van der Waals surface area contributed by atoms with E-state index in [4.69, 9.17) is 14.2 Å². The Balaban J connectivity index is 2.27. The van der Waals surface area contributed by atoms with E-state index in [9.17, 15) is 19.2 Å². The van der Waals surface area contributed by atoms with Crippen LogP contribution in [0.1, 0.15) is 33.3 Å². The lowest BCUT2D eigenvalue weighted by atomic mass is 10.1. The van der Waals surface area contributed by atoms with Gasteiger partial charge in [-0.2, -0.15) is 0 Å². The fourth-order valence-corrected chi connectivity index (χ4v) is 2.92. The summed E-state index contributed by atoms with van der Waals surface area (Å²) in [6.07, 6.45) is -2.82. The van der Waals surface area contributed by atoms with Crippen molar-refractivity contribution in [3.8, 4) is 0 Å². The molecule has 0 radical (unpaired) electrons. The molecule has 1 aliphatic heterocycles. The Morgan fingerprint density at radius 2 is 1.97 bits per heavy atom. The van der Waals surface area contributed by atoms with Crippen LogP contribution in [-0.4, -0.2) is 61.9 Å². The lowest BCUT2D eigenvalue weighted by Crippen LogP contribution is -2.56. The van der Waals surface area contributed by atoms with Gasteiger partial charge in [-0.1, -0.05) is 12.1 Å². The molecule has 0 saturated carbocycles. The SMILES string of the molecule is COC(=O)Cc1cccc(N2CCO[C@H]([C@@H](OC(C)=O)C(=O)OC(C)(C)C)C2=O)c1. The highest BCUT2D eigenvalue weighted by Gasteiger charge is 2.44. The van der Waals surface area contributed by atoms with Crippen LogP contribution >= 0.6 is 0 Å². The molecule has 2 atom stereocenters. The van der Waals surface area contributed by atoms with E-state index < -0.39 is 41.6 Å². The number of nitrogens with zero attached hydrogens (tertiary/aromatic N) is 1. The van der Waals surface area contributed by atoms with Gasteiger partial charge in [-0.15, -0.1) is 0 Å². The second-order valence-corrected chi connectivity index (χ2v) is 7.77. The molecular weight excluding hydrogens is 394 g/mol. The maximum absolute atomic E-state index is 13.1. The summed E-state index contributed by atoms with van der Waals surface area (Å²) < 4.78 is 20.6. The van der Waals surface area contributed by atoms with Gasteiger partial charge >= 0.3 is 17.9 Å². The molecular formula is C21H27NO8. The van der Waals surface area contributed by atoms with Crippen LogP contribution in [0.25, 0.3) is 0 Å². The lowest BCUT2D eigenvalue weighted by molar-refractivity contribution is -0.188. The van der Waals surface area contributed by atoms with Crippen molar-refractivity contribution in [3.05, 3.63) is 29.8 Å². The smallest absolute Gasteiger partial charge is 0.351 e.